The van der Waals surface area contributed by atoms with E-state index in [4.69, 9.17) is 0 Å². The first-order valence-corrected chi connectivity index (χ1v) is 5.11. The monoisotopic (exact) mass is 192 g/mol. The molecule has 0 aliphatic carbocycles. The summed E-state index contributed by atoms with van der Waals surface area (Å²) in [4.78, 5) is 6.59. The molecule has 0 spiro atoms. The molecule has 0 radical (unpaired) electrons. The highest BCUT2D eigenvalue weighted by Gasteiger charge is 2.21. The third kappa shape index (κ3) is 1.73. The molecule has 2 rings (SSSR count). The highest BCUT2D eigenvalue weighted by molar-refractivity contribution is 5.47. The first-order chi connectivity index (χ1) is 6.81. The summed E-state index contributed by atoms with van der Waals surface area (Å²) in [5.74, 6) is 1.70. The Bertz CT molecular complexity index is 314. The van der Waals surface area contributed by atoms with Gasteiger partial charge in [-0.25, -0.2) is 4.98 Å². The highest BCUT2D eigenvalue weighted by atomic mass is 16.3. The summed E-state index contributed by atoms with van der Waals surface area (Å²) < 4.78 is 0. The molecule has 14 heavy (non-hydrogen) atoms. The number of hydrogen-bond donors (Lipinski definition) is 1. The van der Waals surface area contributed by atoms with Crippen molar-refractivity contribution in [2.75, 3.05) is 18.0 Å². The lowest BCUT2D eigenvalue weighted by atomic mass is 10.2. The Kier molecular flexibility index (Phi) is 2.68. The van der Waals surface area contributed by atoms with Crippen LogP contribution < -0.4 is 4.90 Å². The number of anilines is 1. The second-order valence-corrected chi connectivity index (χ2v) is 3.98. The Labute approximate surface area is 84.4 Å². The average molecular weight is 192 g/mol. The summed E-state index contributed by atoms with van der Waals surface area (Å²) in [6.45, 7) is 4.45. The van der Waals surface area contributed by atoms with E-state index >= 15 is 0 Å². The minimum Gasteiger partial charge on any atom is -0.392 e. The van der Waals surface area contributed by atoms with Gasteiger partial charge in [0, 0.05) is 24.8 Å². The Balaban J connectivity index is 2.22. The minimum atomic E-state index is 0.0774. The van der Waals surface area contributed by atoms with Gasteiger partial charge in [0.2, 0.25) is 0 Å². The van der Waals surface area contributed by atoms with Gasteiger partial charge in [0.15, 0.2) is 0 Å². The minimum absolute atomic E-state index is 0.0774. The standard InChI is InChI=1S/C11H16N2O/c1-9-4-6-13(7-9)11-10(8-14)3-2-5-12-11/h2-3,5,9,14H,4,6-8H2,1H3. The van der Waals surface area contributed by atoms with Crippen LogP contribution >= 0.6 is 0 Å². The number of nitrogens with zero attached hydrogens (tertiary/aromatic N) is 2. The molecule has 1 aromatic heterocycles. The molecule has 2 heterocycles. The summed E-state index contributed by atoms with van der Waals surface area (Å²) in [6, 6.07) is 3.81. The van der Waals surface area contributed by atoms with E-state index in [1.807, 2.05) is 12.1 Å². The smallest absolute Gasteiger partial charge is 0.134 e. The van der Waals surface area contributed by atoms with Crippen molar-refractivity contribution in [2.24, 2.45) is 5.92 Å². The fourth-order valence-electron chi connectivity index (χ4n) is 1.97. The molecule has 1 fully saturated rings. The highest BCUT2D eigenvalue weighted by Crippen LogP contribution is 2.24. The molecule has 0 bridgehead atoms. The van der Waals surface area contributed by atoms with Crippen LogP contribution in [0.3, 0.4) is 0 Å². The number of rotatable bonds is 2. The van der Waals surface area contributed by atoms with Gasteiger partial charge in [-0.1, -0.05) is 13.0 Å². The number of pyridine rings is 1. The van der Waals surface area contributed by atoms with Crippen molar-refractivity contribution < 1.29 is 5.11 Å². The van der Waals surface area contributed by atoms with Crippen LogP contribution in [-0.2, 0) is 6.61 Å². The van der Waals surface area contributed by atoms with Gasteiger partial charge in [0.1, 0.15) is 5.82 Å². The van der Waals surface area contributed by atoms with Crippen LogP contribution in [0.15, 0.2) is 18.3 Å². The molecule has 3 heteroatoms. The summed E-state index contributed by atoms with van der Waals surface area (Å²) in [6.07, 6.45) is 3.01. The Morgan fingerprint density at radius 1 is 1.64 bits per heavy atom. The average Bonchev–Trinajstić information content (AvgIpc) is 2.65. The van der Waals surface area contributed by atoms with Crippen molar-refractivity contribution in [1.29, 1.82) is 0 Å². The van der Waals surface area contributed by atoms with Crippen molar-refractivity contribution >= 4 is 5.82 Å². The molecule has 1 aliphatic heterocycles. The normalized spacial score (nSPS) is 21.6. The van der Waals surface area contributed by atoms with Gasteiger partial charge in [0.25, 0.3) is 0 Å². The van der Waals surface area contributed by atoms with Crippen LogP contribution in [0.4, 0.5) is 5.82 Å². The first kappa shape index (κ1) is 9.46. The van der Waals surface area contributed by atoms with Crippen LogP contribution in [0.5, 0.6) is 0 Å². The van der Waals surface area contributed by atoms with E-state index in [9.17, 15) is 5.11 Å². The maximum Gasteiger partial charge on any atom is 0.134 e. The molecule has 76 valence electrons. The number of aromatic nitrogens is 1. The van der Waals surface area contributed by atoms with E-state index in [0.717, 1.165) is 30.4 Å². The lowest BCUT2D eigenvalue weighted by molar-refractivity contribution is 0.281. The Morgan fingerprint density at radius 2 is 2.50 bits per heavy atom. The lowest BCUT2D eigenvalue weighted by Gasteiger charge is -2.19. The van der Waals surface area contributed by atoms with Crippen LogP contribution in [0, 0.1) is 5.92 Å². The van der Waals surface area contributed by atoms with E-state index in [-0.39, 0.29) is 6.61 Å². The van der Waals surface area contributed by atoms with E-state index in [1.54, 1.807) is 6.20 Å². The van der Waals surface area contributed by atoms with E-state index < -0.39 is 0 Å². The van der Waals surface area contributed by atoms with Crippen LogP contribution in [0.2, 0.25) is 0 Å². The maximum atomic E-state index is 9.18. The quantitative estimate of drug-likeness (QED) is 0.770. The number of aliphatic hydroxyl groups is 1. The molecule has 1 unspecified atom stereocenters. The predicted molar refractivity (Wildman–Crippen MR) is 56.2 cm³/mol. The summed E-state index contributed by atoms with van der Waals surface area (Å²) in [7, 11) is 0. The second-order valence-electron chi connectivity index (χ2n) is 3.98. The van der Waals surface area contributed by atoms with Crippen molar-refractivity contribution in [2.45, 2.75) is 20.0 Å². The molecule has 0 aromatic carbocycles. The maximum absolute atomic E-state index is 9.18. The zero-order valence-electron chi connectivity index (χ0n) is 8.48. The van der Waals surface area contributed by atoms with Crippen molar-refractivity contribution in [1.82, 2.24) is 4.98 Å². The summed E-state index contributed by atoms with van der Waals surface area (Å²) in [5, 5.41) is 9.18. The summed E-state index contributed by atoms with van der Waals surface area (Å²) in [5.41, 5.74) is 0.932. The molecular weight excluding hydrogens is 176 g/mol. The third-order valence-corrected chi connectivity index (χ3v) is 2.76. The topological polar surface area (TPSA) is 36.4 Å². The first-order valence-electron chi connectivity index (χ1n) is 5.11. The van der Waals surface area contributed by atoms with Gasteiger partial charge < -0.3 is 10.0 Å². The number of aliphatic hydroxyl groups excluding tert-OH is 1. The van der Waals surface area contributed by atoms with Crippen molar-refractivity contribution in [3.8, 4) is 0 Å². The molecule has 1 N–H and O–H groups in total. The van der Waals surface area contributed by atoms with E-state index in [0.29, 0.717) is 0 Å². The lowest BCUT2D eigenvalue weighted by Crippen LogP contribution is -2.21. The molecule has 1 aromatic rings. The van der Waals surface area contributed by atoms with E-state index in [2.05, 4.69) is 16.8 Å². The van der Waals surface area contributed by atoms with Gasteiger partial charge in [-0.3, -0.25) is 0 Å². The zero-order valence-corrected chi connectivity index (χ0v) is 8.48. The number of hydrogen-bond acceptors (Lipinski definition) is 3. The SMILES string of the molecule is CC1CCN(c2ncccc2CO)C1. The molecule has 0 saturated carbocycles. The fourth-order valence-corrected chi connectivity index (χ4v) is 1.97. The van der Waals surface area contributed by atoms with Crippen molar-refractivity contribution in [3.05, 3.63) is 23.9 Å². The van der Waals surface area contributed by atoms with Crippen molar-refractivity contribution in [3.63, 3.8) is 0 Å². The third-order valence-electron chi connectivity index (χ3n) is 2.76. The van der Waals surface area contributed by atoms with Gasteiger partial charge in [-0.05, 0) is 18.4 Å². The van der Waals surface area contributed by atoms with Gasteiger partial charge in [-0.15, -0.1) is 0 Å². The summed E-state index contributed by atoms with van der Waals surface area (Å²) >= 11 is 0. The van der Waals surface area contributed by atoms with Crippen LogP contribution in [0.25, 0.3) is 0 Å². The zero-order chi connectivity index (χ0) is 9.97. The molecule has 0 amide bonds. The largest absolute Gasteiger partial charge is 0.392 e. The van der Waals surface area contributed by atoms with Crippen LogP contribution in [0.1, 0.15) is 18.9 Å². The second kappa shape index (κ2) is 3.96. The molecule has 1 aliphatic rings. The van der Waals surface area contributed by atoms with Gasteiger partial charge in [-0.2, -0.15) is 0 Å². The molecule has 3 nitrogen and oxygen atoms in total. The van der Waals surface area contributed by atoms with Gasteiger partial charge in [0.05, 0.1) is 6.61 Å². The molecular formula is C11H16N2O. The fraction of sp³-hybridized carbons (Fsp3) is 0.545. The van der Waals surface area contributed by atoms with Crippen LogP contribution in [-0.4, -0.2) is 23.2 Å². The Hall–Kier alpha value is -1.09. The van der Waals surface area contributed by atoms with E-state index in [1.165, 1.54) is 6.42 Å². The molecule has 1 saturated heterocycles. The predicted octanol–water partition coefficient (Wildman–Crippen LogP) is 1.42. The molecule has 1 atom stereocenters. The Morgan fingerprint density at radius 3 is 3.14 bits per heavy atom. The van der Waals surface area contributed by atoms with Gasteiger partial charge >= 0.3 is 0 Å².